The van der Waals surface area contributed by atoms with Gasteiger partial charge < -0.3 is 16.2 Å². The smallest absolute Gasteiger partial charge is 0.252 e. The van der Waals surface area contributed by atoms with Crippen molar-refractivity contribution in [2.75, 3.05) is 13.1 Å². The van der Waals surface area contributed by atoms with E-state index in [1.807, 2.05) is 12.1 Å². The van der Waals surface area contributed by atoms with Crippen molar-refractivity contribution in [2.45, 2.75) is 58.5 Å². The number of carbonyl (C=O) groups is 1. The fourth-order valence-electron chi connectivity index (χ4n) is 4.30. The van der Waals surface area contributed by atoms with E-state index < -0.39 is 5.60 Å². The minimum atomic E-state index is -1.23. The van der Waals surface area contributed by atoms with Crippen molar-refractivity contribution in [1.82, 2.24) is 5.32 Å². The molecule has 4 heteroatoms. The first-order chi connectivity index (χ1) is 11.9. The molecule has 0 heterocycles. The van der Waals surface area contributed by atoms with Gasteiger partial charge in [-0.25, -0.2) is 0 Å². The lowest BCUT2D eigenvalue weighted by Gasteiger charge is -2.43. The van der Waals surface area contributed by atoms with Gasteiger partial charge in [0.2, 0.25) is 0 Å². The molecular weight excluding hydrogens is 312 g/mol. The highest BCUT2D eigenvalue weighted by Crippen LogP contribution is 2.41. The summed E-state index contributed by atoms with van der Waals surface area (Å²) in [5.74, 6) is 0.520. The molecule has 1 amide bonds. The van der Waals surface area contributed by atoms with Gasteiger partial charge in [0.15, 0.2) is 0 Å². The fourth-order valence-corrected chi connectivity index (χ4v) is 4.30. The van der Waals surface area contributed by atoms with Crippen LogP contribution in [0.15, 0.2) is 24.3 Å². The Hall–Kier alpha value is -1.39. The van der Waals surface area contributed by atoms with Crippen LogP contribution in [0.4, 0.5) is 0 Å². The van der Waals surface area contributed by atoms with Crippen LogP contribution in [-0.2, 0) is 17.6 Å². The molecule has 140 valence electrons. The minimum absolute atomic E-state index is 0.0354. The Morgan fingerprint density at radius 1 is 1.28 bits per heavy atom. The van der Waals surface area contributed by atoms with E-state index in [1.165, 1.54) is 11.1 Å². The SMILES string of the molecule is CC1CCC(C(C)C)[C@@](O)(C(=O)NCCc2ccccc2CCN)C1. The lowest BCUT2D eigenvalue weighted by Crippen LogP contribution is -2.56. The van der Waals surface area contributed by atoms with Gasteiger partial charge in [-0.1, -0.05) is 51.5 Å². The maximum absolute atomic E-state index is 12.8. The quantitative estimate of drug-likeness (QED) is 0.710. The van der Waals surface area contributed by atoms with Gasteiger partial charge >= 0.3 is 0 Å². The van der Waals surface area contributed by atoms with E-state index in [4.69, 9.17) is 5.73 Å². The number of hydrogen-bond donors (Lipinski definition) is 3. The van der Waals surface area contributed by atoms with E-state index >= 15 is 0 Å². The molecule has 1 aliphatic carbocycles. The number of rotatable bonds is 7. The predicted molar refractivity (Wildman–Crippen MR) is 102 cm³/mol. The van der Waals surface area contributed by atoms with E-state index in [0.717, 1.165) is 25.7 Å². The zero-order valence-electron chi connectivity index (χ0n) is 15.9. The highest BCUT2D eigenvalue weighted by molar-refractivity contribution is 5.85. The topological polar surface area (TPSA) is 75.3 Å². The third kappa shape index (κ3) is 4.83. The normalized spacial score (nSPS) is 26.6. The lowest BCUT2D eigenvalue weighted by molar-refractivity contribution is -0.155. The van der Waals surface area contributed by atoms with E-state index in [2.05, 4.69) is 38.2 Å². The van der Waals surface area contributed by atoms with Gasteiger partial charge in [0.05, 0.1) is 0 Å². The molecule has 1 aromatic carbocycles. The van der Waals surface area contributed by atoms with Crippen LogP contribution >= 0.6 is 0 Å². The summed E-state index contributed by atoms with van der Waals surface area (Å²) in [7, 11) is 0. The first-order valence-electron chi connectivity index (χ1n) is 9.66. The summed E-state index contributed by atoms with van der Waals surface area (Å²) >= 11 is 0. The third-order valence-electron chi connectivity index (χ3n) is 5.65. The summed E-state index contributed by atoms with van der Waals surface area (Å²) in [6.07, 6.45) is 4.18. The van der Waals surface area contributed by atoms with Gasteiger partial charge in [0.25, 0.3) is 5.91 Å². The third-order valence-corrected chi connectivity index (χ3v) is 5.65. The molecule has 1 saturated carbocycles. The van der Waals surface area contributed by atoms with Crippen LogP contribution in [0.5, 0.6) is 0 Å². The lowest BCUT2D eigenvalue weighted by atomic mass is 9.66. The standard InChI is InChI=1S/C21H34N2O2/c1-15(2)19-9-8-16(3)14-21(19,25)20(24)23-13-11-18-7-5-4-6-17(18)10-12-22/h4-7,15-16,19,25H,8-14,22H2,1-3H3,(H,23,24)/t16?,19?,21-/m1/s1. The maximum atomic E-state index is 12.8. The highest BCUT2D eigenvalue weighted by atomic mass is 16.3. The highest BCUT2D eigenvalue weighted by Gasteiger charge is 2.48. The average Bonchev–Trinajstić information content (AvgIpc) is 2.56. The van der Waals surface area contributed by atoms with Crippen LogP contribution in [0.3, 0.4) is 0 Å². The van der Waals surface area contributed by atoms with E-state index in [-0.39, 0.29) is 11.8 Å². The molecule has 0 aromatic heterocycles. The second-order valence-corrected chi connectivity index (χ2v) is 7.97. The molecule has 0 radical (unpaired) electrons. The predicted octanol–water partition coefficient (Wildman–Crippen LogP) is 2.67. The van der Waals surface area contributed by atoms with E-state index in [9.17, 15) is 9.90 Å². The van der Waals surface area contributed by atoms with Gasteiger partial charge in [-0.05, 0) is 61.1 Å². The summed E-state index contributed by atoms with van der Waals surface area (Å²) in [5, 5.41) is 14.1. The summed E-state index contributed by atoms with van der Waals surface area (Å²) < 4.78 is 0. The molecular formula is C21H34N2O2. The van der Waals surface area contributed by atoms with E-state index in [0.29, 0.717) is 31.3 Å². The first-order valence-corrected chi connectivity index (χ1v) is 9.66. The van der Waals surface area contributed by atoms with Crippen LogP contribution in [0.25, 0.3) is 0 Å². The maximum Gasteiger partial charge on any atom is 0.252 e. The Kier molecular flexibility index (Phi) is 7.03. The molecule has 0 saturated heterocycles. The van der Waals surface area contributed by atoms with Crippen LogP contribution in [0.2, 0.25) is 0 Å². The molecule has 2 rings (SSSR count). The largest absolute Gasteiger partial charge is 0.380 e. The number of benzene rings is 1. The molecule has 0 spiro atoms. The number of nitrogens with one attached hydrogen (secondary N) is 1. The minimum Gasteiger partial charge on any atom is -0.380 e. The van der Waals surface area contributed by atoms with Crippen molar-refractivity contribution >= 4 is 5.91 Å². The van der Waals surface area contributed by atoms with Crippen LogP contribution in [-0.4, -0.2) is 29.7 Å². The van der Waals surface area contributed by atoms with Crippen molar-refractivity contribution in [3.05, 3.63) is 35.4 Å². The second kappa shape index (κ2) is 8.81. The molecule has 0 bridgehead atoms. The Morgan fingerprint density at radius 2 is 1.92 bits per heavy atom. The van der Waals surface area contributed by atoms with Gasteiger partial charge in [-0.2, -0.15) is 0 Å². The molecule has 4 N–H and O–H groups in total. The summed E-state index contributed by atoms with van der Waals surface area (Å²) in [6, 6.07) is 8.22. The number of aliphatic hydroxyl groups is 1. The fraction of sp³-hybridized carbons (Fsp3) is 0.667. The summed E-state index contributed by atoms with van der Waals surface area (Å²) in [6.45, 7) is 7.49. The molecule has 3 atom stereocenters. The van der Waals surface area contributed by atoms with E-state index in [1.54, 1.807) is 0 Å². The molecule has 1 aliphatic rings. The molecule has 25 heavy (non-hydrogen) atoms. The summed E-state index contributed by atoms with van der Waals surface area (Å²) in [5.41, 5.74) is 6.90. The molecule has 1 aromatic rings. The zero-order chi connectivity index (χ0) is 18.4. The Balaban J connectivity index is 1.99. The molecule has 4 nitrogen and oxygen atoms in total. The van der Waals surface area contributed by atoms with Crippen molar-refractivity contribution in [2.24, 2.45) is 23.5 Å². The van der Waals surface area contributed by atoms with Crippen molar-refractivity contribution in [3.63, 3.8) is 0 Å². The van der Waals surface area contributed by atoms with Crippen molar-refractivity contribution < 1.29 is 9.90 Å². The number of hydrogen-bond acceptors (Lipinski definition) is 3. The van der Waals surface area contributed by atoms with Crippen molar-refractivity contribution in [1.29, 1.82) is 0 Å². The van der Waals surface area contributed by atoms with Crippen LogP contribution < -0.4 is 11.1 Å². The Bertz CT molecular complexity index is 573. The Morgan fingerprint density at radius 3 is 2.52 bits per heavy atom. The van der Waals surface area contributed by atoms with Gasteiger partial charge in [0, 0.05) is 6.54 Å². The second-order valence-electron chi connectivity index (χ2n) is 7.97. The molecule has 2 unspecified atom stereocenters. The average molecular weight is 347 g/mol. The van der Waals surface area contributed by atoms with Crippen LogP contribution in [0.1, 0.15) is 51.2 Å². The molecule has 0 aliphatic heterocycles. The molecule has 1 fully saturated rings. The number of nitrogens with two attached hydrogens (primary N) is 1. The number of amides is 1. The van der Waals surface area contributed by atoms with Gasteiger partial charge in [0.1, 0.15) is 5.60 Å². The first kappa shape index (κ1) is 19.9. The summed E-state index contributed by atoms with van der Waals surface area (Å²) in [4.78, 5) is 12.8. The number of carbonyl (C=O) groups excluding carboxylic acids is 1. The monoisotopic (exact) mass is 346 g/mol. The van der Waals surface area contributed by atoms with Crippen molar-refractivity contribution in [3.8, 4) is 0 Å². The van der Waals surface area contributed by atoms with Gasteiger partial charge in [-0.15, -0.1) is 0 Å². The van der Waals surface area contributed by atoms with Crippen LogP contribution in [0, 0.1) is 17.8 Å². The Labute approximate surface area is 152 Å². The zero-order valence-corrected chi connectivity index (χ0v) is 15.9. The van der Waals surface area contributed by atoms with Gasteiger partial charge in [-0.3, -0.25) is 4.79 Å².